The smallest absolute Gasteiger partial charge is 0.255 e. The van der Waals surface area contributed by atoms with Gasteiger partial charge in [0.1, 0.15) is 11.6 Å². The maximum Gasteiger partial charge on any atom is 0.255 e. The van der Waals surface area contributed by atoms with Gasteiger partial charge in [-0.3, -0.25) is 4.79 Å². The minimum absolute atomic E-state index is 0.0345. The highest BCUT2D eigenvalue weighted by Crippen LogP contribution is 2.25. The number of halogens is 3. The molecular formula is C13H8ClF2NOS. The number of benzene rings is 2. The monoisotopic (exact) mass is 299 g/mol. The average Bonchev–Trinajstić information content (AvgIpc) is 2.37. The minimum atomic E-state index is -0.644. The lowest BCUT2D eigenvalue weighted by Crippen LogP contribution is -2.13. The van der Waals surface area contributed by atoms with Crippen molar-refractivity contribution in [1.29, 1.82) is 0 Å². The van der Waals surface area contributed by atoms with Crippen LogP contribution < -0.4 is 5.32 Å². The van der Waals surface area contributed by atoms with Crippen molar-refractivity contribution in [2.24, 2.45) is 0 Å². The summed E-state index contributed by atoms with van der Waals surface area (Å²) in [6, 6.07) is 7.70. The van der Waals surface area contributed by atoms with Crippen LogP contribution in [0.15, 0.2) is 41.3 Å². The number of carbonyl (C=O) groups excluding carboxylic acids is 1. The molecule has 2 aromatic carbocycles. The van der Waals surface area contributed by atoms with Gasteiger partial charge in [-0.05, 0) is 30.3 Å². The summed E-state index contributed by atoms with van der Waals surface area (Å²) in [5.74, 6) is -1.78. The van der Waals surface area contributed by atoms with Gasteiger partial charge in [-0.1, -0.05) is 17.7 Å². The van der Waals surface area contributed by atoms with Crippen LogP contribution in [0.2, 0.25) is 5.02 Å². The molecule has 0 atom stereocenters. The molecule has 6 heteroatoms. The van der Waals surface area contributed by atoms with Crippen LogP contribution in [0.25, 0.3) is 0 Å². The maximum absolute atomic E-state index is 13.5. The number of hydrogen-bond donors (Lipinski definition) is 2. The lowest BCUT2D eigenvalue weighted by atomic mass is 10.2. The Balaban J connectivity index is 2.28. The Labute approximate surface area is 118 Å². The molecular weight excluding hydrogens is 292 g/mol. The molecule has 0 bridgehead atoms. The van der Waals surface area contributed by atoms with Gasteiger partial charge < -0.3 is 5.32 Å². The molecule has 0 saturated carbocycles. The van der Waals surface area contributed by atoms with Gasteiger partial charge in [0.05, 0.1) is 10.7 Å². The molecule has 1 N–H and O–H groups in total. The largest absolute Gasteiger partial charge is 0.318 e. The van der Waals surface area contributed by atoms with Crippen molar-refractivity contribution in [2.45, 2.75) is 4.90 Å². The van der Waals surface area contributed by atoms with Crippen LogP contribution in [0.1, 0.15) is 10.4 Å². The Bertz CT molecular complexity index is 628. The zero-order chi connectivity index (χ0) is 14.0. The summed E-state index contributed by atoms with van der Waals surface area (Å²) < 4.78 is 26.5. The predicted molar refractivity (Wildman–Crippen MR) is 73.0 cm³/mol. The van der Waals surface area contributed by atoms with E-state index in [1.54, 1.807) is 0 Å². The predicted octanol–water partition coefficient (Wildman–Crippen LogP) is 4.16. The summed E-state index contributed by atoms with van der Waals surface area (Å²) >= 11 is 9.66. The molecule has 0 spiro atoms. The van der Waals surface area contributed by atoms with E-state index in [0.29, 0.717) is 0 Å². The number of para-hydroxylation sites is 1. The Morgan fingerprint density at radius 2 is 1.89 bits per heavy atom. The molecule has 2 aromatic rings. The highest BCUT2D eigenvalue weighted by Gasteiger charge is 2.13. The van der Waals surface area contributed by atoms with E-state index in [-0.39, 0.29) is 21.2 Å². The molecule has 0 aliphatic rings. The lowest BCUT2D eigenvalue weighted by Gasteiger charge is -2.08. The summed E-state index contributed by atoms with van der Waals surface area (Å²) in [6.45, 7) is 0. The standard InChI is InChI=1S/C13H8ClF2NOS/c14-8-2-1-3-10(16)12(8)17-13(18)7-4-5-9(15)11(19)6-7/h1-6,19H,(H,17,18). The molecule has 2 nitrogen and oxygen atoms in total. The zero-order valence-corrected chi connectivity index (χ0v) is 11.1. The molecule has 0 aliphatic heterocycles. The van der Waals surface area contributed by atoms with E-state index in [2.05, 4.69) is 17.9 Å². The van der Waals surface area contributed by atoms with E-state index in [1.165, 1.54) is 30.3 Å². The number of anilines is 1. The van der Waals surface area contributed by atoms with Gasteiger partial charge in [0.25, 0.3) is 5.91 Å². The topological polar surface area (TPSA) is 29.1 Å². The van der Waals surface area contributed by atoms with Crippen molar-refractivity contribution < 1.29 is 13.6 Å². The van der Waals surface area contributed by atoms with E-state index < -0.39 is 17.5 Å². The van der Waals surface area contributed by atoms with Gasteiger partial charge in [0, 0.05) is 10.5 Å². The normalized spacial score (nSPS) is 10.3. The number of thiol groups is 1. The fraction of sp³-hybridized carbons (Fsp3) is 0. The van der Waals surface area contributed by atoms with Gasteiger partial charge >= 0.3 is 0 Å². The minimum Gasteiger partial charge on any atom is -0.318 e. The fourth-order valence-corrected chi connectivity index (χ4v) is 1.88. The molecule has 98 valence electrons. The van der Waals surface area contributed by atoms with Gasteiger partial charge in [0.15, 0.2) is 0 Å². The third kappa shape index (κ3) is 3.05. The summed E-state index contributed by atoms with van der Waals surface area (Å²) in [6.07, 6.45) is 0. The molecule has 0 fully saturated rings. The third-order valence-electron chi connectivity index (χ3n) is 2.41. The molecule has 19 heavy (non-hydrogen) atoms. The summed E-state index contributed by atoms with van der Waals surface area (Å²) in [7, 11) is 0. The van der Waals surface area contributed by atoms with E-state index >= 15 is 0 Å². The first-order valence-electron chi connectivity index (χ1n) is 5.23. The molecule has 0 radical (unpaired) electrons. The van der Waals surface area contributed by atoms with Gasteiger partial charge in [-0.15, -0.1) is 12.6 Å². The van der Waals surface area contributed by atoms with Gasteiger partial charge in [-0.25, -0.2) is 8.78 Å². The number of nitrogens with one attached hydrogen (secondary N) is 1. The first-order chi connectivity index (χ1) is 8.99. The highest BCUT2D eigenvalue weighted by molar-refractivity contribution is 7.80. The second kappa shape index (κ2) is 5.59. The molecule has 0 unspecified atom stereocenters. The zero-order valence-electron chi connectivity index (χ0n) is 9.45. The summed E-state index contributed by atoms with van der Waals surface area (Å²) in [5, 5.41) is 2.42. The van der Waals surface area contributed by atoms with Gasteiger partial charge in [0.2, 0.25) is 0 Å². The highest BCUT2D eigenvalue weighted by atomic mass is 35.5. The molecule has 0 aromatic heterocycles. The van der Waals surface area contributed by atoms with Gasteiger partial charge in [-0.2, -0.15) is 0 Å². The SMILES string of the molecule is O=C(Nc1c(F)cccc1Cl)c1ccc(F)c(S)c1. The molecule has 0 saturated heterocycles. The van der Waals surface area contributed by atoms with Crippen LogP contribution in [0.4, 0.5) is 14.5 Å². The Kier molecular flexibility index (Phi) is 4.07. The average molecular weight is 300 g/mol. The Morgan fingerprint density at radius 1 is 1.16 bits per heavy atom. The van der Waals surface area contributed by atoms with Crippen molar-refractivity contribution >= 4 is 35.8 Å². The van der Waals surface area contributed by atoms with Crippen LogP contribution in [0.3, 0.4) is 0 Å². The summed E-state index contributed by atoms with van der Waals surface area (Å²) in [5.41, 5.74) is 0.0462. The number of amides is 1. The Hall–Kier alpha value is -1.59. The van der Waals surface area contributed by atoms with E-state index in [0.717, 1.165) is 6.07 Å². The third-order valence-corrected chi connectivity index (χ3v) is 3.07. The van der Waals surface area contributed by atoms with Crippen molar-refractivity contribution in [2.75, 3.05) is 5.32 Å². The van der Waals surface area contributed by atoms with Crippen LogP contribution in [-0.2, 0) is 0 Å². The quantitative estimate of drug-likeness (QED) is 0.801. The number of carbonyl (C=O) groups is 1. The first kappa shape index (κ1) is 13.8. The van der Waals surface area contributed by atoms with Crippen LogP contribution in [-0.4, -0.2) is 5.91 Å². The van der Waals surface area contributed by atoms with Crippen LogP contribution in [0, 0.1) is 11.6 Å². The fourth-order valence-electron chi connectivity index (χ4n) is 1.46. The van der Waals surface area contributed by atoms with Crippen LogP contribution >= 0.6 is 24.2 Å². The number of rotatable bonds is 2. The van der Waals surface area contributed by atoms with E-state index in [1.807, 2.05) is 0 Å². The van der Waals surface area contributed by atoms with E-state index in [4.69, 9.17) is 11.6 Å². The summed E-state index contributed by atoms with van der Waals surface area (Å²) in [4.78, 5) is 11.9. The molecule has 1 amide bonds. The lowest BCUT2D eigenvalue weighted by molar-refractivity contribution is 0.102. The molecule has 2 rings (SSSR count). The van der Waals surface area contributed by atoms with Crippen molar-refractivity contribution in [3.05, 3.63) is 58.6 Å². The first-order valence-corrected chi connectivity index (χ1v) is 6.05. The van der Waals surface area contributed by atoms with Crippen LogP contribution in [0.5, 0.6) is 0 Å². The van der Waals surface area contributed by atoms with Crippen molar-refractivity contribution in [1.82, 2.24) is 0 Å². The second-order valence-corrected chi connectivity index (χ2v) is 4.61. The molecule has 0 aliphatic carbocycles. The van der Waals surface area contributed by atoms with Crippen molar-refractivity contribution in [3.8, 4) is 0 Å². The Morgan fingerprint density at radius 3 is 2.53 bits per heavy atom. The second-order valence-electron chi connectivity index (χ2n) is 3.72. The van der Waals surface area contributed by atoms with Crippen molar-refractivity contribution in [3.63, 3.8) is 0 Å². The number of hydrogen-bond acceptors (Lipinski definition) is 2. The maximum atomic E-state index is 13.5. The molecule has 0 heterocycles. The van der Waals surface area contributed by atoms with E-state index in [9.17, 15) is 13.6 Å².